The fourth-order valence-corrected chi connectivity index (χ4v) is 3.15. The Morgan fingerprint density at radius 1 is 0.903 bits per heavy atom. The van der Waals surface area contributed by atoms with Crippen LogP contribution in [0.3, 0.4) is 0 Å². The van der Waals surface area contributed by atoms with Gasteiger partial charge in [-0.05, 0) is 44.1 Å². The van der Waals surface area contributed by atoms with Crippen LogP contribution in [0.15, 0.2) is 0 Å². The minimum atomic E-state index is -1.17. The second-order valence-electron chi connectivity index (χ2n) is 8.39. The van der Waals surface area contributed by atoms with E-state index in [1.165, 1.54) is 0 Å². The Balaban J connectivity index is 5.23. The Labute approximate surface area is 190 Å². The number of amides is 3. The van der Waals surface area contributed by atoms with Crippen LogP contribution in [0.2, 0.25) is 0 Å². The third-order valence-electron chi connectivity index (χ3n) is 4.69. The highest BCUT2D eigenvalue weighted by Crippen LogP contribution is 2.07. The van der Waals surface area contributed by atoms with Gasteiger partial charge in [0.05, 0.1) is 6.04 Å². The average Bonchev–Trinajstić information content (AvgIpc) is 2.67. The minimum absolute atomic E-state index is 0.0433. The maximum Gasteiger partial charge on any atom is 0.326 e. The molecule has 0 radical (unpaired) electrons. The fourth-order valence-electron chi connectivity index (χ4n) is 2.89. The summed E-state index contributed by atoms with van der Waals surface area (Å²) >= 11 is 4.10. The van der Waals surface area contributed by atoms with E-state index in [1.54, 1.807) is 13.8 Å². The first-order valence-electron chi connectivity index (χ1n) is 10.6. The number of rotatable bonds is 15. The van der Waals surface area contributed by atoms with Gasteiger partial charge in [-0.3, -0.25) is 14.4 Å². The zero-order chi connectivity index (χ0) is 24.1. The lowest BCUT2D eigenvalue weighted by molar-refractivity contribution is -0.143. The molecule has 4 atom stereocenters. The Hall–Kier alpha value is -1.85. The van der Waals surface area contributed by atoms with E-state index < -0.39 is 47.9 Å². The van der Waals surface area contributed by atoms with Gasteiger partial charge >= 0.3 is 5.97 Å². The topological polar surface area (TPSA) is 177 Å². The van der Waals surface area contributed by atoms with Crippen molar-refractivity contribution in [2.75, 3.05) is 12.3 Å². The van der Waals surface area contributed by atoms with Crippen molar-refractivity contribution in [2.24, 2.45) is 23.3 Å². The molecule has 4 unspecified atom stereocenters. The summed E-state index contributed by atoms with van der Waals surface area (Å²) in [6, 6.07) is -3.81. The van der Waals surface area contributed by atoms with Crippen LogP contribution in [0, 0.1) is 11.8 Å². The molecule has 0 aromatic heterocycles. The number of aliphatic carboxylic acids is 1. The first-order chi connectivity index (χ1) is 14.4. The van der Waals surface area contributed by atoms with Crippen LogP contribution < -0.4 is 27.4 Å². The molecule has 0 heterocycles. The number of nitrogens with one attached hydrogen (secondary N) is 3. The van der Waals surface area contributed by atoms with Crippen molar-refractivity contribution >= 4 is 36.3 Å². The lowest BCUT2D eigenvalue weighted by Crippen LogP contribution is -2.58. The predicted octanol–water partition coefficient (Wildman–Crippen LogP) is -0.386. The highest BCUT2D eigenvalue weighted by molar-refractivity contribution is 7.80. The van der Waals surface area contributed by atoms with Gasteiger partial charge in [-0.25, -0.2) is 4.79 Å². The molecule has 0 aliphatic heterocycles. The predicted molar refractivity (Wildman–Crippen MR) is 122 cm³/mol. The monoisotopic (exact) mass is 461 g/mol. The lowest BCUT2D eigenvalue weighted by Gasteiger charge is -2.25. The number of carboxylic acids is 1. The maximum atomic E-state index is 12.8. The molecule has 3 amide bonds. The van der Waals surface area contributed by atoms with E-state index in [4.69, 9.17) is 11.5 Å². The van der Waals surface area contributed by atoms with Gasteiger partial charge in [-0.1, -0.05) is 27.7 Å². The van der Waals surface area contributed by atoms with Gasteiger partial charge in [0.1, 0.15) is 18.1 Å². The molecule has 0 saturated carbocycles. The molecule has 11 heteroatoms. The summed E-state index contributed by atoms with van der Waals surface area (Å²) in [6.45, 7) is 7.65. The van der Waals surface area contributed by atoms with Crippen LogP contribution >= 0.6 is 12.6 Å². The molecule has 0 aromatic rings. The van der Waals surface area contributed by atoms with E-state index in [9.17, 15) is 24.3 Å². The molecular weight excluding hydrogens is 422 g/mol. The van der Waals surface area contributed by atoms with Gasteiger partial charge in [-0.15, -0.1) is 0 Å². The van der Waals surface area contributed by atoms with Crippen molar-refractivity contribution in [2.45, 2.75) is 77.5 Å². The fraction of sp³-hybridized carbons (Fsp3) is 0.800. The molecule has 0 saturated heterocycles. The second kappa shape index (κ2) is 15.0. The standard InChI is InChI=1S/C20H39N5O5S/c1-11(2)9-13(22)17(26)23-14(7-5-6-8-21)18(27)24-15(10-31)19(28)25-16(12(3)4)20(29)30/h11-16,31H,5-10,21-22H2,1-4H3,(H,23,26)(H,24,27)(H,25,28)(H,29,30). The molecule has 0 spiro atoms. The van der Waals surface area contributed by atoms with Gasteiger partial charge < -0.3 is 32.5 Å². The number of nitrogens with two attached hydrogens (primary N) is 2. The largest absolute Gasteiger partial charge is 0.480 e. The van der Waals surface area contributed by atoms with Gasteiger partial charge in [0.25, 0.3) is 0 Å². The van der Waals surface area contributed by atoms with Gasteiger partial charge in [0, 0.05) is 5.75 Å². The first-order valence-corrected chi connectivity index (χ1v) is 11.3. The van der Waals surface area contributed by atoms with Crippen molar-refractivity contribution in [3.05, 3.63) is 0 Å². The third kappa shape index (κ3) is 11.4. The molecule has 0 aliphatic rings. The molecule has 0 rings (SSSR count). The van der Waals surface area contributed by atoms with E-state index in [2.05, 4.69) is 28.6 Å². The summed E-state index contributed by atoms with van der Waals surface area (Å²) < 4.78 is 0. The minimum Gasteiger partial charge on any atom is -0.480 e. The summed E-state index contributed by atoms with van der Waals surface area (Å²) in [5.74, 6) is -3.01. The van der Waals surface area contributed by atoms with E-state index in [0.29, 0.717) is 32.2 Å². The quantitative estimate of drug-likeness (QED) is 0.128. The molecule has 180 valence electrons. The third-order valence-corrected chi connectivity index (χ3v) is 5.05. The number of carbonyl (C=O) groups excluding carboxylic acids is 3. The average molecular weight is 462 g/mol. The zero-order valence-corrected chi connectivity index (χ0v) is 19.8. The number of thiol groups is 1. The Morgan fingerprint density at radius 3 is 1.90 bits per heavy atom. The van der Waals surface area contributed by atoms with Gasteiger partial charge in [0.15, 0.2) is 0 Å². The van der Waals surface area contributed by atoms with Crippen molar-refractivity contribution in [3.63, 3.8) is 0 Å². The van der Waals surface area contributed by atoms with Crippen molar-refractivity contribution in [3.8, 4) is 0 Å². The Kier molecular flexibility index (Phi) is 14.1. The van der Waals surface area contributed by atoms with E-state index in [1.807, 2.05) is 13.8 Å². The van der Waals surface area contributed by atoms with Gasteiger partial charge in [-0.2, -0.15) is 12.6 Å². The van der Waals surface area contributed by atoms with E-state index in [-0.39, 0.29) is 17.6 Å². The maximum absolute atomic E-state index is 12.8. The molecule has 0 fully saturated rings. The SMILES string of the molecule is CC(C)CC(N)C(=O)NC(CCCCN)C(=O)NC(CS)C(=O)NC(C(=O)O)C(C)C. The molecule has 0 aliphatic carbocycles. The number of unbranched alkanes of at least 4 members (excludes halogenated alkanes) is 1. The van der Waals surface area contributed by atoms with Crippen LogP contribution in [0.1, 0.15) is 53.4 Å². The highest BCUT2D eigenvalue weighted by atomic mass is 32.1. The number of carboxylic acid groups (broad SMARTS) is 1. The Bertz CT molecular complexity index is 603. The van der Waals surface area contributed by atoms with Crippen LogP contribution in [-0.2, 0) is 19.2 Å². The number of hydrogen-bond donors (Lipinski definition) is 7. The Morgan fingerprint density at radius 2 is 1.45 bits per heavy atom. The molecule has 0 aromatic carbocycles. The van der Waals surface area contributed by atoms with Crippen molar-refractivity contribution in [1.29, 1.82) is 0 Å². The molecule has 0 bridgehead atoms. The van der Waals surface area contributed by atoms with E-state index in [0.717, 1.165) is 0 Å². The first kappa shape index (κ1) is 29.1. The number of hydrogen-bond acceptors (Lipinski definition) is 7. The molecule has 8 N–H and O–H groups in total. The van der Waals surface area contributed by atoms with Crippen LogP contribution in [0.4, 0.5) is 0 Å². The van der Waals surface area contributed by atoms with Crippen LogP contribution in [0.25, 0.3) is 0 Å². The summed E-state index contributed by atoms with van der Waals surface area (Å²) in [5.41, 5.74) is 11.4. The number of carbonyl (C=O) groups is 4. The smallest absolute Gasteiger partial charge is 0.326 e. The van der Waals surface area contributed by atoms with Crippen LogP contribution in [0.5, 0.6) is 0 Å². The molecular formula is C20H39N5O5S. The molecule has 10 nitrogen and oxygen atoms in total. The zero-order valence-electron chi connectivity index (χ0n) is 18.9. The van der Waals surface area contributed by atoms with E-state index >= 15 is 0 Å². The highest BCUT2D eigenvalue weighted by Gasteiger charge is 2.30. The second-order valence-corrected chi connectivity index (χ2v) is 8.76. The van der Waals surface area contributed by atoms with Crippen LogP contribution in [-0.4, -0.2) is 65.3 Å². The van der Waals surface area contributed by atoms with Crippen molar-refractivity contribution in [1.82, 2.24) is 16.0 Å². The normalized spacial score (nSPS) is 15.1. The summed E-state index contributed by atoms with van der Waals surface area (Å²) in [6.07, 6.45) is 2.06. The van der Waals surface area contributed by atoms with Crippen molar-refractivity contribution < 1.29 is 24.3 Å². The van der Waals surface area contributed by atoms with Gasteiger partial charge in [0.2, 0.25) is 17.7 Å². The summed E-state index contributed by atoms with van der Waals surface area (Å²) in [5, 5.41) is 16.9. The summed E-state index contributed by atoms with van der Waals surface area (Å²) in [4.78, 5) is 49.1. The molecule has 31 heavy (non-hydrogen) atoms. The summed E-state index contributed by atoms with van der Waals surface area (Å²) in [7, 11) is 0. The lowest BCUT2D eigenvalue weighted by atomic mass is 10.0.